The minimum atomic E-state index is -1.23. The van der Waals surface area contributed by atoms with Crippen LogP contribution in [0.1, 0.15) is 29.5 Å². The third-order valence-electron chi connectivity index (χ3n) is 7.14. The van der Waals surface area contributed by atoms with Crippen molar-refractivity contribution in [2.24, 2.45) is 0 Å². The maximum atomic E-state index is 14.8. The minimum absolute atomic E-state index is 0.0378. The summed E-state index contributed by atoms with van der Waals surface area (Å²) >= 11 is 0. The number of aliphatic hydroxyl groups excluding tert-OH is 1. The first-order valence-electron chi connectivity index (χ1n) is 11.7. The summed E-state index contributed by atoms with van der Waals surface area (Å²) in [5.41, 5.74) is 0.474. The van der Waals surface area contributed by atoms with Gasteiger partial charge in [0.2, 0.25) is 0 Å². The zero-order chi connectivity index (χ0) is 25.2. The van der Waals surface area contributed by atoms with Gasteiger partial charge in [-0.1, -0.05) is 30.3 Å². The van der Waals surface area contributed by atoms with Gasteiger partial charge in [-0.2, -0.15) is 5.26 Å². The first-order chi connectivity index (χ1) is 16.8. The number of nitriles is 1. The molecule has 1 fully saturated rings. The summed E-state index contributed by atoms with van der Waals surface area (Å²) in [4.78, 5) is 18.9. The van der Waals surface area contributed by atoms with E-state index in [0.717, 1.165) is 0 Å². The molecule has 2 aliphatic rings. The zero-order valence-electron chi connectivity index (χ0n) is 20.0. The van der Waals surface area contributed by atoms with Crippen LogP contribution in [0.15, 0.2) is 54.6 Å². The number of rotatable bonds is 4. The number of likely N-dealkylation sites (tertiary alicyclic amines) is 1. The average molecular weight is 481 g/mol. The molecule has 4 rings (SSSR count). The molecule has 6 nitrogen and oxygen atoms in total. The van der Waals surface area contributed by atoms with Crippen LogP contribution in [0.2, 0.25) is 0 Å². The highest BCUT2D eigenvalue weighted by Gasteiger charge is 2.46. The van der Waals surface area contributed by atoms with Gasteiger partial charge in [-0.25, -0.2) is 13.6 Å². The Morgan fingerprint density at radius 1 is 1.29 bits per heavy atom. The minimum Gasteiger partial charge on any atom is -0.393 e. The van der Waals surface area contributed by atoms with Gasteiger partial charge in [-0.3, -0.25) is 0 Å². The summed E-state index contributed by atoms with van der Waals surface area (Å²) < 4.78 is 29.4. The Bertz CT molecular complexity index is 1150. The van der Waals surface area contributed by atoms with Gasteiger partial charge in [0.05, 0.1) is 18.2 Å². The second kappa shape index (κ2) is 10.1. The summed E-state index contributed by atoms with van der Waals surface area (Å²) in [5, 5.41) is 20.0. The molecule has 0 aliphatic carbocycles. The molecule has 1 saturated heterocycles. The monoisotopic (exact) mass is 480 g/mol. The maximum absolute atomic E-state index is 14.8. The highest BCUT2D eigenvalue weighted by Crippen LogP contribution is 2.41. The number of halogens is 2. The molecule has 2 aromatic rings. The fourth-order valence-electron chi connectivity index (χ4n) is 5.14. The smallest absolute Gasteiger partial charge is 0.321 e. The van der Waals surface area contributed by atoms with E-state index in [-0.39, 0.29) is 30.6 Å². The van der Waals surface area contributed by atoms with Crippen LogP contribution in [-0.4, -0.2) is 78.4 Å². The lowest BCUT2D eigenvalue weighted by Gasteiger charge is -2.41. The van der Waals surface area contributed by atoms with Crippen LogP contribution in [-0.2, 0) is 5.54 Å². The molecule has 0 bridgehead atoms. The zero-order valence-corrected chi connectivity index (χ0v) is 20.0. The molecular weight excluding hydrogens is 450 g/mol. The van der Waals surface area contributed by atoms with Crippen molar-refractivity contribution in [1.82, 2.24) is 14.7 Å². The van der Waals surface area contributed by atoms with Gasteiger partial charge in [0, 0.05) is 38.2 Å². The lowest BCUT2D eigenvalue weighted by molar-refractivity contribution is 0.0758. The van der Waals surface area contributed by atoms with Crippen LogP contribution in [0.4, 0.5) is 13.6 Å². The molecular formula is C27H30F2N4O2. The molecule has 0 spiro atoms. The summed E-state index contributed by atoms with van der Waals surface area (Å²) in [5.74, 6) is -0.509. The van der Waals surface area contributed by atoms with Crippen molar-refractivity contribution < 1.29 is 18.7 Å². The van der Waals surface area contributed by atoms with Gasteiger partial charge in [0.15, 0.2) is 0 Å². The molecule has 2 aliphatic heterocycles. The van der Waals surface area contributed by atoms with E-state index in [0.29, 0.717) is 36.2 Å². The number of hydrogen-bond acceptors (Lipinski definition) is 4. The van der Waals surface area contributed by atoms with Crippen LogP contribution in [0.5, 0.6) is 0 Å². The van der Waals surface area contributed by atoms with Crippen molar-refractivity contribution in [3.05, 3.63) is 77.1 Å². The highest BCUT2D eigenvalue weighted by atomic mass is 19.1. The van der Waals surface area contributed by atoms with Crippen LogP contribution in [0, 0.1) is 17.1 Å². The predicted molar refractivity (Wildman–Crippen MR) is 130 cm³/mol. The summed E-state index contributed by atoms with van der Waals surface area (Å²) in [7, 11) is 3.52. The Morgan fingerprint density at radius 2 is 2.03 bits per heavy atom. The fraction of sp³-hybridized carbons (Fsp3) is 0.407. The van der Waals surface area contributed by atoms with Crippen LogP contribution < -0.4 is 0 Å². The van der Waals surface area contributed by atoms with Crippen molar-refractivity contribution in [1.29, 1.82) is 5.26 Å². The van der Waals surface area contributed by atoms with Gasteiger partial charge in [0.25, 0.3) is 0 Å². The van der Waals surface area contributed by atoms with Crippen molar-refractivity contribution in [3.8, 4) is 6.07 Å². The molecule has 1 N–H and O–H groups in total. The summed E-state index contributed by atoms with van der Waals surface area (Å²) in [6, 6.07) is 14.5. The van der Waals surface area contributed by atoms with Crippen molar-refractivity contribution in [2.45, 2.75) is 30.6 Å². The summed E-state index contributed by atoms with van der Waals surface area (Å²) in [6.45, 7) is 0.615. The third kappa shape index (κ3) is 4.79. The normalized spacial score (nSPS) is 25.0. The van der Waals surface area contributed by atoms with E-state index in [4.69, 9.17) is 0 Å². The van der Waals surface area contributed by atoms with E-state index in [9.17, 15) is 23.9 Å². The third-order valence-corrected chi connectivity index (χ3v) is 7.14. The number of carbonyl (C=O) groups is 1. The average Bonchev–Trinajstić information content (AvgIpc) is 3.18. The standard InChI is InChI=1S/C27H30F2N4O2/c1-31-11-10-23(13-22(28)17-31)32(2)26(35)33-16-20(24-12-19(15-30)8-9-25(24)29)14-27(33,18-34)21-6-4-3-5-7-21/h3-9,12,14,22-23,34H,10-11,13,16-18H2,1-2H3/t22?,23?,27-/m1/s1. The topological polar surface area (TPSA) is 70.8 Å². The number of benzene rings is 2. The molecule has 35 heavy (non-hydrogen) atoms. The molecule has 8 heteroatoms. The first kappa shape index (κ1) is 24.8. The predicted octanol–water partition coefficient (Wildman–Crippen LogP) is 3.77. The number of urea groups is 1. The Labute approximate surface area is 204 Å². The van der Waals surface area contributed by atoms with Gasteiger partial charge < -0.3 is 19.8 Å². The molecule has 0 aromatic heterocycles. The molecule has 2 aromatic carbocycles. The SMILES string of the molecule is CN1CCC(N(C)C(=O)N2CC(c3cc(C#N)ccc3F)=C[C@@]2(CO)c2ccccc2)CC(F)C1. The fourth-order valence-corrected chi connectivity index (χ4v) is 5.14. The number of alkyl halides is 1. The first-order valence-corrected chi connectivity index (χ1v) is 11.7. The molecule has 0 radical (unpaired) electrons. The maximum Gasteiger partial charge on any atom is 0.321 e. The Morgan fingerprint density at radius 3 is 2.71 bits per heavy atom. The van der Waals surface area contributed by atoms with Gasteiger partial charge in [-0.05, 0) is 55.4 Å². The molecule has 2 amide bonds. The number of hydrogen-bond donors (Lipinski definition) is 1. The number of nitrogens with zero attached hydrogens (tertiary/aromatic N) is 4. The van der Waals surface area contributed by atoms with E-state index in [1.807, 2.05) is 48.3 Å². The van der Waals surface area contributed by atoms with Crippen molar-refractivity contribution in [2.75, 3.05) is 40.3 Å². The number of carbonyl (C=O) groups excluding carboxylic acids is 1. The van der Waals surface area contributed by atoms with Crippen molar-refractivity contribution >= 4 is 11.6 Å². The lowest BCUT2D eigenvalue weighted by Crippen LogP contribution is -2.54. The quantitative estimate of drug-likeness (QED) is 0.723. The molecule has 2 unspecified atom stereocenters. The number of aliphatic hydroxyl groups is 1. The Kier molecular flexibility index (Phi) is 7.20. The largest absolute Gasteiger partial charge is 0.393 e. The molecule has 184 valence electrons. The van der Waals surface area contributed by atoms with E-state index in [1.54, 1.807) is 18.0 Å². The molecule has 2 heterocycles. The van der Waals surface area contributed by atoms with E-state index < -0.39 is 24.1 Å². The van der Waals surface area contributed by atoms with Gasteiger partial charge in [0.1, 0.15) is 17.5 Å². The van der Waals surface area contributed by atoms with Gasteiger partial charge >= 0.3 is 6.03 Å². The van der Waals surface area contributed by atoms with Crippen LogP contribution in [0.25, 0.3) is 5.57 Å². The Hall–Kier alpha value is -3.28. The van der Waals surface area contributed by atoms with Crippen LogP contribution in [0.3, 0.4) is 0 Å². The summed E-state index contributed by atoms with van der Waals surface area (Å²) in [6.07, 6.45) is 1.53. The van der Waals surface area contributed by atoms with E-state index >= 15 is 0 Å². The molecule has 0 saturated carbocycles. The highest BCUT2D eigenvalue weighted by molar-refractivity contribution is 5.84. The van der Waals surface area contributed by atoms with E-state index in [1.165, 1.54) is 23.1 Å². The second-order valence-electron chi connectivity index (χ2n) is 9.44. The molecule has 3 atom stereocenters. The lowest BCUT2D eigenvalue weighted by atomic mass is 9.89. The Balaban J connectivity index is 1.74. The van der Waals surface area contributed by atoms with Crippen LogP contribution >= 0.6 is 0 Å². The van der Waals surface area contributed by atoms with Crippen molar-refractivity contribution in [3.63, 3.8) is 0 Å². The van der Waals surface area contributed by atoms with E-state index in [2.05, 4.69) is 0 Å². The second-order valence-corrected chi connectivity index (χ2v) is 9.44. The van der Waals surface area contributed by atoms with Gasteiger partial charge in [-0.15, -0.1) is 0 Å². The number of amides is 2.